The van der Waals surface area contributed by atoms with Crippen LogP contribution in [0.15, 0.2) is 12.7 Å². The molecule has 3 atom stereocenters. The van der Waals surface area contributed by atoms with Gasteiger partial charge in [-0.2, -0.15) is 0 Å². The fourth-order valence-electron chi connectivity index (χ4n) is 3.05. The lowest BCUT2D eigenvalue weighted by molar-refractivity contribution is 0.00131. The Morgan fingerprint density at radius 1 is 1.13 bits per heavy atom. The number of likely N-dealkylation sites (tertiary alicyclic amines) is 1. The first-order valence-electron chi connectivity index (χ1n) is 6.36. The first kappa shape index (κ1) is 11.2. The summed E-state index contributed by atoms with van der Waals surface area (Å²) in [5.74, 6) is 0.543. The van der Waals surface area contributed by atoms with Gasteiger partial charge in [0.1, 0.15) is 0 Å². The Labute approximate surface area is 93.0 Å². The molecule has 2 fully saturated rings. The van der Waals surface area contributed by atoms with Gasteiger partial charge in [-0.1, -0.05) is 12.5 Å². The van der Waals surface area contributed by atoms with Gasteiger partial charge in [-0.15, -0.1) is 6.58 Å². The van der Waals surface area contributed by atoms with E-state index in [1.54, 1.807) is 0 Å². The largest absolute Gasteiger partial charge is 0.391 e. The Bertz CT molecular complexity index is 211. The lowest BCUT2D eigenvalue weighted by Gasteiger charge is -2.41. The second-order valence-electron chi connectivity index (χ2n) is 5.04. The second kappa shape index (κ2) is 5.13. The smallest absolute Gasteiger partial charge is 0.0701 e. The zero-order valence-electron chi connectivity index (χ0n) is 9.57. The van der Waals surface area contributed by atoms with Crippen molar-refractivity contribution in [3.63, 3.8) is 0 Å². The third-order valence-corrected chi connectivity index (χ3v) is 4.01. The van der Waals surface area contributed by atoms with Crippen LogP contribution in [0.25, 0.3) is 0 Å². The highest BCUT2D eigenvalue weighted by molar-refractivity contribution is 4.92. The van der Waals surface area contributed by atoms with Gasteiger partial charge in [0.15, 0.2) is 0 Å². The molecule has 0 spiro atoms. The molecule has 2 aliphatic rings. The predicted octanol–water partition coefficient (Wildman–Crippen LogP) is 2.19. The summed E-state index contributed by atoms with van der Waals surface area (Å²) in [6.45, 7) is 6.22. The monoisotopic (exact) mass is 209 g/mol. The predicted molar refractivity (Wildman–Crippen MR) is 62.8 cm³/mol. The number of hydrogen-bond donors (Lipinski definition) is 1. The number of aliphatic hydroxyl groups is 1. The van der Waals surface area contributed by atoms with Crippen LogP contribution in [0.2, 0.25) is 0 Å². The fourth-order valence-corrected chi connectivity index (χ4v) is 3.05. The normalized spacial score (nSPS) is 38.9. The van der Waals surface area contributed by atoms with Crippen molar-refractivity contribution in [1.29, 1.82) is 0 Å². The van der Waals surface area contributed by atoms with Crippen LogP contribution in [0.4, 0.5) is 0 Å². The fraction of sp³-hybridized carbons (Fsp3) is 0.846. The molecule has 1 N–H and O–H groups in total. The average Bonchev–Trinajstić information content (AvgIpc) is 2.30. The third-order valence-electron chi connectivity index (χ3n) is 4.01. The quantitative estimate of drug-likeness (QED) is 0.705. The summed E-state index contributed by atoms with van der Waals surface area (Å²) >= 11 is 0. The van der Waals surface area contributed by atoms with Crippen LogP contribution >= 0.6 is 0 Å². The molecular weight excluding hydrogens is 186 g/mol. The minimum atomic E-state index is -0.125. The molecule has 1 saturated heterocycles. The van der Waals surface area contributed by atoms with E-state index in [9.17, 15) is 5.11 Å². The zero-order valence-corrected chi connectivity index (χ0v) is 9.57. The van der Waals surface area contributed by atoms with Crippen molar-refractivity contribution in [2.24, 2.45) is 5.92 Å². The molecule has 0 radical (unpaired) electrons. The molecule has 1 saturated carbocycles. The van der Waals surface area contributed by atoms with Crippen LogP contribution in [-0.2, 0) is 0 Å². The summed E-state index contributed by atoms with van der Waals surface area (Å²) in [5.41, 5.74) is 0. The molecule has 1 aliphatic carbocycles. The van der Waals surface area contributed by atoms with Gasteiger partial charge in [-0.25, -0.2) is 0 Å². The molecule has 2 nitrogen and oxygen atoms in total. The maximum Gasteiger partial charge on any atom is 0.0701 e. The molecule has 1 aliphatic heterocycles. The van der Waals surface area contributed by atoms with E-state index in [2.05, 4.69) is 11.5 Å². The number of piperidine rings is 1. The van der Waals surface area contributed by atoms with E-state index in [1.165, 1.54) is 38.8 Å². The van der Waals surface area contributed by atoms with E-state index < -0.39 is 0 Å². The van der Waals surface area contributed by atoms with E-state index in [-0.39, 0.29) is 6.10 Å². The van der Waals surface area contributed by atoms with E-state index >= 15 is 0 Å². The van der Waals surface area contributed by atoms with Gasteiger partial charge in [0.25, 0.3) is 0 Å². The Morgan fingerprint density at radius 2 is 1.87 bits per heavy atom. The van der Waals surface area contributed by atoms with Gasteiger partial charge in [0.2, 0.25) is 0 Å². The van der Waals surface area contributed by atoms with Crippen LogP contribution < -0.4 is 0 Å². The van der Waals surface area contributed by atoms with Crippen molar-refractivity contribution in [3.8, 4) is 0 Å². The third kappa shape index (κ3) is 2.61. The maximum absolute atomic E-state index is 10.1. The average molecular weight is 209 g/mol. The summed E-state index contributed by atoms with van der Waals surface area (Å²) in [4.78, 5) is 2.51. The SMILES string of the molecule is C=CC1CCC(N2CCCCC2)C(O)C1. The van der Waals surface area contributed by atoms with Gasteiger partial charge >= 0.3 is 0 Å². The second-order valence-corrected chi connectivity index (χ2v) is 5.04. The number of aliphatic hydroxyl groups excluding tert-OH is 1. The Morgan fingerprint density at radius 3 is 2.47 bits per heavy atom. The minimum Gasteiger partial charge on any atom is -0.391 e. The lowest BCUT2D eigenvalue weighted by atomic mass is 9.83. The molecule has 2 heteroatoms. The van der Waals surface area contributed by atoms with Crippen molar-refractivity contribution in [2.45, 2.75) is 50.7 Å². The maximum atomic E-state index is 10.1. The molecule has 15 heavy (non-hydrogen) atoms. The van der Waals surface area contributed by atoms with Gasteiger partial charge in [0.05, 0.1) is 6.10 Å². The molecule has 2 rings (SSSR count). The molecule has 0 aromatic heterocycles. The summed E-state index contributed by atoms with van der Waals surface area (Å²) in [6, 6.07) is 0.432. The number of allylic oxidation sites excluding steroid dienone is 1. The molecule has 0 bridgehead atoms. The zero-order chi connectivity index (χ0) is 10.7. The van der Waals surface area contributed by atoms with Crippen molar-refractivity contribution in [2.75, 3.05) is 13.1 Å². The molecule has 3 unspecified atom stereocenters. The Kier molecular flexibility index (Phi) is 3.81. The molecule has 0 aromatic carbocycles. The topological polar surface area (TPSA) is 23.5 Å². The van der Waals surface area contributed by atoms with E-state index in [0.29, 0.717) is 12.0 Å². The van der Waals surface area contributed by atoms with Crippen LogP contribution in [0.5, 0.6) is 0 Å². The highest BCUT2D eigenvalue weighted by Crippen LogP contribution is 2.29. The van der Waals surface area contributed by atoms with Crippen molar-refractivity contribution < 1.29 is 5.11 Å². The Hall–Kier alpha value is -0.340. The summed E-state index contributed by atoms with van der Waals surface area (Å²) in [5, 5.41) is 10.1. The molecule has 1 heterocycles. The van der Waals surface area contributed by atoms with Crippen LogP contribution in [-0.4, -0.2) is 35.2 Å². The Balaban J connectivity index is 1.89. The van der Waals surface area contributed by atoms with E-state index in [0.717, 1.165) is 12.8 Å². The van der Waals surface area contributed by atoms with Gasteiger partial charge in [-0.3, -0.25) is 4.90 Å². The summed E-state index contributed by atoms with van der Waals surface area (Å²) < 4.78 is 0. The van der Waals surface area contributed by atoms with E-state index in [1.807, 2.05) is 6.08 Å². The van der Waals surface area contributed by atoms with Gasteiger partial charge in [-0.05, 0) is 51.1 Å². The molecule has 0 aromatic rings. The van der Waals surface area contributed by atoms with Gasteiger partial charge < -0.3 is 5.11 Å². The van der Waals surface area contributed by atoms with Crippen molar-refractivity contribution in [3.05, 3.63) is 12.7 Å². The molecule has 0 amide bonds. The van der Waals surface area contributed by atoms with Crippen LogP contribution in [0, 0.1) is 5.92 Å². The highest BCUT2D eigenvalue weighted by Gasteiger charge is 2.32. The van der Waals surface area contributed by atoms with E-state index in [4.69, 9.17) is 0 Å². The standard InChI is InChI=1S/C13H23NO/c1-2-11-6-7-12(13(15)10-11)14-8-4-3-5-9-14/h2,11-13,15H,1,3-10H2. The van der Waals surface area contributed by atoms with Crippen molar-refractivity contribution in [1.82, 2.24) is 4.90 Å². The number of nitrogens with zero attached hydrogens (tertiary/aromatic N) is 1. The summed E-state index contributed by atoms with van der Waals surface area (Å²) in [6.07, 6.45) is 9.16. The number of rotatable bonds is 2. The van der Waals surface area contributed by atoms with Gasteiger partial charge in [0, 0.05) is 6.04 Å². The van der Waals surface area contributed by atoms with Crippen LogP contribution in [0.3, 0.4) is 0 Å². The highest BCUT2D eigenvalue weighted by atomic mass is 16.3. The lowest BCUT2D eigenvalue weighted by Crippen LogP contribution is -2.48. The number of hydrogen-bond acceptors (Lipinski definition) is 2. The molecule has 86 valence electrons. The minimum absolute atomic E-state index is 0.125. The first-order valence-corrected chi connectivity index (χ1v) is 6.36. The molecular formula is C13H23NO. The summed E-state index contributed by atoms with van der Waals surface area (Å²) in [7, 11) is 0. The van der Waals surface area contributed by atoms with Crippen LogP contribution in [0.1, 0.15) is 38.5 Å². The van der Waals surface area contributed by atoms with Crippen molar-refractivity contribution >= 4 is 0 Å². The first-order chi connectivity index (χ1) is 7.31.